The fourth-order valence-corrected chi connectivity index (χ4v) is 13.5. The number of benzene rings is 4. The predicted octanol–water partition coefficient (Wildman–Crippen LogP) is 6.29. The smallest absolute Gasteiger partial charge is 0.349 e. The number of hydrogen-bond acceptors (Lipinski definition) is 26. The molecule has 5 aliphatic heterocycles. The van der Waals surface area contributed by atoms with Gasteiger partial charge in [-0.05, 0) is 188 Å². The summed E-state index contributed by atoms with van der Waals surface area (Å²) in [6, 6.07) is 15.0. The number of carboxylic acid groups (broad SMARTS) is 3. The summed E-state index contributed by atoms with van der Waals surface area (Å²) < 4.78 is 1.89. The number of aliphatic carboxylic acids is 3. The molecular formula is C84H109N21O13. The van der Waals surface area contributed by atoms with Crippen LogP contribution >= 0.6 is 0 Å². The van der Waals surface area contributed by atoms with E-state index in [2.05, 4.69) is 134 Å². The van der Waals surface area contributed by atoms with Crippen molar-refractivity contribution in [1.29, 1.82) is 0 Å². The molecule has 0 aliphatic carbocycles. The summed E-state index contributed by atoms with van der Waals surface area (Å²) >= 11 is 0. The van der Waals surface area contributed by atoms with Crippen molar-refractivity contribution >= 4 is 112 Å². The first-order chi connectivity index (χ1) is 56.0. The third-order valence-electron chi connectivity index (χ3n) is 20.0. The van der Waals surface area contributed by atoms with Gasteiger partial charge in [-0.1, -0.05) is 72.8 Å². The number of anilines is 8. The third-order valence-corrected chi connectivity index (χ3v) is 20.0. The van der Waals surface area contributed by atoms with Crippen LogP contribution in [0, 0.1) is 47.0 Å². The number of aromatic nitrogens is 10. The van der Waals surface area contributed by atoms with Crippen molar-refractivity contribution in [2.75, 3.05) is 97.9 Å². The van der Waals surface area contributed by atoms with Gasteiger partial charge in [0.15, 0.2) is 45.0 Å². The molecule has 14 N–H and O–H groups in total. The molecule has 8 heterocycles. The van der Waals surface area contributed by atoms with Crippen LogP contribution in [0.1, 0.15) is 138 Å². The number of carbonyl (C=O) groups is 3. The van der Waals surface area contributed by atoms with Crippen molar-refractivity contribution in [1.82, 2.24) is 59.6 Å². The van der Waals surface area contributed by atoms with Crippen molar-refractivity contribution in [2.45, 2.75) is 158 Å². The summed E-state index contributed by atoms with van der Waals surface area (Å²) in [5.74, 6) is -0.621. The molecule has 0 amide bonds. The monoisotopic (exact) mass is 1620 g/mol. The highest BCUT2D eigenvalue weighted by molar-refractivity contribution is 5.84. The van der Waals surface area contributed by atoms with Crippen LogP contribution in [-0.4, -0.2) is 176 Å². The van der Waals surface area contributed by atoms with E-state index in [-0.39, 0.29) is 74.7 Å². The first-order valence-electron chi connectivity index (χ1n) is 39.4. The van der Waals surface area contributed by atoms with Crippen LogP contribution in [0.3, 0.4) is 0 Å². The molecule has 4 aromatic carbocycles. The zero-order chi connectivity index (χ0) is 86.0. The van der Waals surface area contributed by atoms with Crippen molar-refractivity contribution in [2.24, 2.45) is 26.1 Å². The Kier molecular flexibility index (Phi) is 30.7. The second-order valence-corrected chi connectivity index (χ2v) is 31.0. The SMILES string of the molecule is C=C(O)CCCN(C)CCn1c2nc(=O)[nH]c(=O)c-2nc2cc(C)c(C)cc21.C=c1nc2c(c(=O)[nH]1)=Nc1cc(C)c(C)cc1N2CCNCC[C@@H](N)C(=O)O.C=c1nc2c(c(=O)[nH]1)=Nc1cc(C)c(NCC(C)(C)C)cc1N2CCCCCCC(=O)O.C=c1nc2c(c(=O)[nH]1)=Nc1cc(C)c(NCCO)cc1N2CCCCCCC(=O)O. The maximum Gasteiger partial charge on any atom is 0.349 e. The van der Waals surface area contributed by atoms with Crippen LogP contribution in [0.4, 0.5) is 63.0 Å². The van der Waals surface area contributed by atoms with Gasteiger partial charge in [-0.25, -0.2) is 39.7 Å². The van der Waals surface area contributed by atoms with Crippen molar-refractivity contribution in [3.05, 3.63) is 179 Å². The van der Waals surface area contributed by atoms with E-state index in [1.165, 1.54) is 0 Å². The Hall–Kier alpha value is -12.4. The van der Waals surface area contributed by atoms with Gasteiger partial charge in [-0.3, -0.25) is 38.5 Å². The van der Waals surface area contributed by atoms with Gasteiger partial charge in [-0.2, -0.15) is 4.98 Å². The Bertz CT molecular complexity index is 5880. The second-order valence-electron chi connectivity index (χ2n) is 31.0. The van der Waals surface area contributed by atoms with Crippen LogP contribution in [0.25, 0.3) is 42.3 Å². The molecule has 0 unspecified atom stereocenters. The predicted molar refractivity (Wildman–Crippen MR) is 459 cm³/mol. The van der Waals surface area contributed by atoms with Crippen LogP contribution in [-0.2, 0) is 20.9 Å². The molecule has 34 heteroatoms. The summed E-state index contributed by atoms with van der Waals surface area (Å²) in [5.41, 5.74) is 19.1. The number of hydrogen-bond donors (Lipinski definition) is 13. The average Bonchev–Trinajstić information content (AvgIpc) is 0.774. The number of carboxylic acids is 3. The minimum absolute atomic E-state index is 0.0194. The van der Waals surface area contributed by atoms with Gasteiger partial charge < -0.3 is 86.3 Å². The van der Waals surface area contributed by atoms with Gasteiger partial charge in [-0.15, -0.1) is 0 Å². The number of nitrogens with two attached hydrogens (primary N) is 1. The molecule has 118 heavy (non-hydrogen) atoms. The van der Waals surface area contributed by atoms with E-state index < -0.39 is 35.2 Å². The summed E-state index contributed by atoms with van der Waals surface area (Å²) in [7, 11) is 1.99. The van der Waals surface area contributed by atoms with E-state index >= 15 is 0 Å². The standard InChI is InChI=1S/C24H33N5O3.C21H27N5O4.C20H25N5O3.C19H24N6O3/c1-15-12-18-19(13-17(15)25-14-24(3,4)5)29(11-9-7-6-8-10-20(30)31)22-21(28-18)23(32)27-16(2)26-22;1-13-11-16-17(12-15(13)22-8-10-27)26(9-6-4-3-5-7-18(28)29)20-19(25-16)21(30)24-14(2)23-20;1-12-10-15-16(11-13(12)2)25(9-8-24(4)7-5-6-14(3)26)18-17(21-15)19(27)23-20(28)22-18;1-10-8-14-15(9-11(10)2)25(7-6-21-5-4-13(20)19(27)28)17-16(24-14)18(26)23-12(3)22-17/h12-13,25H,2,6-11,14H2,1,3-5H3,(H,27,32)(H,30,31);11-12,22,27H,2-10H2,1H3,(H,24,30)(H,28,29);10-11,26H,3,5-9H2,1-2,4H3,(H,23,27,28);8-9,13,21H,3-7,20H2,1-2H3,(H,23,26)(H,27,28)/t;;;13-/m...1/s1. The fraction of sp³-hybridized carbons (Fsp3) is 0.429. The third kappa shape index (κ3) is 23.7. The number of rotatable bonds is 33. The zero-order valence-corrected chi connectivity index (χ0v) is 68.9. The molecule has 1 atom stereocenters. The fourth-order valence-electron chi connectivity index (χ4n) is 13.5. The van der Waals surface area contributed by atoms with Crippen LogP contribution in [0.5, 0.6) is 0 Å². The number of aliphatic hydroxyl groups excluding tert-OH is 2. The number of aryl methyl sites for hydroxylation is 6. The highest BCUT2D eigenvalue weighted by Gasteiger charge is 2.29. The van der Waals surface area contributed by atoms with Crippen molar-refractivity contribution in [3.63, 3.8) is 0 Å². The Labute approximate surface area is 680 Å². The minimum Gasteiger partial charge on any atom is -0.513 e. The van der Waals surface area contributed by atoms with E-state index in [1.807, 2.05) is 110 Å². The van der Waals surface area contributed by atoms with Gasteiger partial charge >= 0.3 is 23.6 Å². The average molecular weight is 1620 g/mol. The minimum atomic E-state index is -1.01. The normalized spacial score (nSPS) is 12.5. The number of aromatic amines is 4. The topological polar surface area (TPSA) is 482 Å². The number of likely N-dealkylation sites (N-methyl/N-ethyl adjacent to an activating group) is 1. The number of unbranched alkanes of at least 4 members (excludes halogenated alkanes) is 6. The molecule has 628 valence electrons. The lowest BCUT2D eigenvalue weighted by Gasteiger charge is -2.29. The lowest BCUT2D eigenvalue weighted by atomic mass is 9.96. The number of fused-ring (bicyclic) bond motifs is 8. The van der Waals surface area contributed by atoms with E-state index in [9.17, 15) is 43.5 Å². The second kappa shape index (κ2) is 40.4. The van der Waals surface area contributed by atoms with Gasteiger partial charge in [0.1, 0.15) is 22.5 Å². The molecule has 0 saturated heterocycles. The number of allylic oxidation sites excluding steroid dienone is 1. The Morgan fingerprint density at radius 1 is 0.517 bits per heavy atom. The lowest BCUT2D eigenvalue weighted by molar-refractivity contribution is -0.139. The molecule has 7 aromatic rings. The Morgan fingerprint density at radius 2 is 0.975 bits per heavy atom. The summed E-state index contributed by atoms with van der Waals surface area (Å²) in [4.78, 5) is 147. The van der Waals surface area contributed by atoms with E-state index in [0.717, 1.165) is 131 Å². The molecule has 0 fully saturated rings. The van der Waals surface area contributed by atoms with E-state index in [1.54, 1.807) is 0 Å². The number of nitrogens with zero attached hydrogens (tertiary/aromatic N) is 13. The molecule has 0 saturated carbocycles. The van der Waals surface area contributed by atoms with Gasteiger partial charge in [0.25, 0.3) is 22.2 Å². The summed E-state index contributed by atoms with van der Waals surface area (Å²) in [6.07, 6.45) is 8.47. The Balaban J connectivity index is 0.000000180. The highest BCUT2D eigenvalue weighted by atomic mass is 16.4. The number of aliphatic hydroxyl groups is 2. The first-order valence-corrected chi connectivity index (χ1v) is 39.4. The lowest BCUT2D eigenvalue weighted by Crippen LogP contribution is -2.44. The number of H-pyrrole nitrogens is 4. The van der Waals surface area contributed by atoms with Crippen LogP contribution in [0.15, 0.2) is 99.8 Å². The van der Waals surface area contributed by atoms with Crippen molar-refractivity contribution < 1.29 is 39.9 Å². The quantitative estimate of drug-likeness (QED) is 0.0122. The number of nitrogens with one attached hydrogen (secondary N) is 7. The molecule has 12 rings (SSSR count). The van der Waals surface area contributed by atoms with E-state index in [4.69, 9.17) is 26.2 Å². The van der Waals surface area contributed by atoms with Crippen molar-refractivity contribution in [3.8, 4) is 11.5 Å². The molecule has 0 radical (unpaired) electrons. The molecule has 34 nitrogen and oxygen atoms in total. The van der Waals surface area contributed by atoms with Crippen LogP contribution in [0.2, 0.25) is 0 Å². The summed E-state index contributed by atoms with van der Waals surface area (Å²) in [5, 5.41) is 55.5. The van der Waals surface area contributed by atoms with E-state index in [0.29, 0.717) is 129 Å². The summed E-state index contributed by atoms with van der Waals surface area (Å²) in [6.45, 7) is 39.5. The Morgan fingerprint density at radius 3 is 1.46 bits per heavy atom. The molecule has 3 aromatic heterocycles. The maximum atomic E-state index is 12.6. The van der Waals surface area contributed by atoms with Gasteiger partial charge in [0.05, 0.1) is 57.5 Å². The molecular weight excluding hydrogens is 1510 g/mol. The molecule has 0 bridgehead atoms. The molecule has 0 spiro atoms. The highest BCUT2D eigenvalue weighted by Crippen LogP contribution is 2.42. The zero-order valence-electron chi connectivity index (χ0n) is 68.9. The van der Waals surface area contributed by atoms with Gasteiger partial charge in [0.2, 0.25) is 0 Å². The maximum absolute atomic E-state index is 12.6. The first kappa shape index (κ1) is 89.5. The molecule has 5 aliphatic rings. The largest absolute Gasteiger partial charge is 0.513 e. The van der Waals surface area contributed by atoms with Gasteiger partial charge in [0, 0.05) is 83.0 Å². The van der Waals surface area contributed by atoms with Crippen LogP contribution < -0.4 is 96.8 Å².